The lowest BCUT2D eigenvalue weighted by molar-refractivity contribution is -0.141. The number of rotatable bonds is 15. The Hall–Kier alpha value is -3.80. The number of hydrogen-bond donors (Lipinski definition) is 1. The molecule has 202 valence electrons. The van der Waals surface area contributed by atoms with Crippen molar-refractivity contribution in [1.29, 1.82) is 0 Å². The van der Waals surface area contributed by atoms with Crippen molar-refractivity contribution in [3.8, 4) is 11.5 Å². The van der Waals surface area contributed by atoms with E-state index in [4.69, 9.17) is 9.47 Å². The van der Waals surface area contributed by atoms with Gasteiger partial charge in [-0.1, -0.05) is 73.5 Å². The van der Waals surface area contributed by atoms with Gasteiger partial charge >= 0.3 is 0 Å². The van der Waals surface area contributed by atoms with Crippen molar-refractivity contribution in [3.05, 3.63) is 95.6 Å². The number of nitrogens with zero attached hydrogens (tertiary/aromatic N) is 1. The van der Waals surface area contributed by atoms with Crippen molar-refractivity contribution in [2.24, 2.45) is 0 Å². The van der Waals surface area contributed by atoms with E-state index in [1.807, 2.05) is 85.8 Å². The minimum atomic E-state index is -0.606. The highest BCUT2D eigenvalue weighted by Crippen LogP contribution is 2.19. The van der Waals surface area contributed by atoms with Gasteiger partial charge in [-0.25, -0.2) is 0 Å². The van der Waals surface area contributed by atoms with Crippen LogP contribution in [0.1, 0.15) is 49.3 Å². The molecule has 0 aliphatic rings. The molecule has 3 aromatic rings. The minimum absolute atomic E-state index is 0.0597. The molecule has 0 aliphatic carbocycles. The smallest absolute Gasteiger partial charge is 0.243 e. The van der Waals surface area contributed by atoms with E-state index in [2.05, 4.69) is 12.2 Å². The van der Waals surface area contributed by atoms with E-state index in [0.29, 0.717) is 32.5 Å². The zero-order valence-electron chi connectivity index (χ0n) is 22.8. The summed E-state index contributed by atoms with van der Waals surface area (Å²) < 4.78 is 11.0. The van der Waals surface area contributed by atoms with Gasteiger partial charge in [0.05, 0.1) is 13.7 Å². The molecule has 0 aliphatic heterocycles. The number of hydrogen-bond acceptors (Lipinski definition) is 4. The molecule has 3 aromatic carbocycles. The fourth-order valence-corrected chi connectivity index (χ4v) is 4.18. The van der Waals surface area contributed by atoms with Gasteiger partial charge in [-0.2, -0.15) is 0 Å². The standard InChI is InChI=1S/C32H40N2O4/c1-4-5-21-33-32(36)30(23-26-10-7-6-8-11-26)34(24-27-15-13-25(2)14-16-27)31(35)12-9-22-38-29-19-17-28(37-3)18-20-29/h6-8,10-11,13-20,30H,4-5,9,12,21-24H2,1-3H3,(H,33,36). The van der Waals surface area contributed by atoms with Gasteiger partial charge in [-0.15, -0.1) is 0 Å². The molecule has 6 nitrogen and oxygen atoms in total. The number of nitrogens with one attached hydrogen (secondary N) is 1. The van der Waals surface area contributed by atoms with Crippen molar-refractivity contribution in [2.75, 3.05) is 20.3 Å². The van der Waals surface area contributed by atoms with Crippen LogP contribution in [0.25, 0.3) is 0 Å². The Kier molecular flexibility index (Phi) is 11.7. The predicted octanol–water partition coefficient (Wildman–Crippen LogP) is 5.72. The Bertz CT molecular complexity index is 1110. The molecule has 1 unspecified atom stereocenters. The fraction of sp³-hybridized carbons (Fsp3) is 0.375. The van der Waals surface area contributed by atoms with Crippen molar-refractivity contribution in [2.45, 2.75) is 58.5 Å². The summed E-state index contributed by atoms with van der Waals surface area (Å²) in [6.07, 6.45) is 3.18. The van der Waals surface area contributed by atoms with Crippen LogP contribution in [-0.2, 0) is 22.6 Å². The molecule has 3 rings (SSSR count). The number of aryl methyl sites for hydroxylation is 1. The molecule has 0 heterocycles. The van der Waals surface area contributed by atoms with Crippen LogP contribution in [0.5, 0.6) is 11.5 Å². The molecule has 0 saturated carbocycles. The Labute approximate surface area is 227 Å². The second kappa shape index (κ2) is 15.5. The Morgan fingerprint density at radius 3 is 2.21 bits per heavy atom. The maximum absolute atomic E-state index is 13.6. The van der Waals surface area contributed by atoms with Crippen molar-refractivity contribution in [3.63, 3.8) is 0 Å². The van der Waals surface area contributed by atoms with Crippen LogP contribution in [0, 0.1) is 6.92 Å². The van der Waals surface area contributed by atoms with Crippen LogP contribution in [0.4, 0.5) is 0 Å². The summed E-state index contributed by atoms with van der Waals surface area (Å²) in [5.41, 5.74) is 3.17. The summed E-state index contributed by atoms with van der Waals surface area (Å²) in [5.74, 6) is 1.32. The van der Waals surface area contributed by atoms with Crippen LogP contribution >= 0.6 is 0 Å². The van der Waals surface area contributed by atoms with E-state index in [1.54, 1.807) is 12.0 Å². The lowest BCUT2D eigenvalue weighted by atomic mass is 10.0. The highest BCUT2D eigenvalue weighted by molar-refractivity contribution is 5.88. The zero-order chi connectivity index (χ0) is 27.2. The number of carbonyl (C=O) groups excluding carboxylic acids is 2. The second-order valence-electron chi connectivity index (χ2n) is 9.48. The van der Waals surface area contributed by atoms with Gasteiger partial charge in [0.15, 0.2) is 0 Å². The van der Waals surface area contributed by atoms with Crippen molar-refractivity contribution >= 4 is 11.8 Å². The molecule has 1 atom stereocenters. The number of amides is 2. The number of ether oxygens (including phenoxy) is 2. The average molecular weight is 517 g/mol. The maximum atomic E-state index is 13.6. The quantitative estimate of drug-likeness (QED) is 0.262. The molecule has 0 spiro atoms. The van der Waals surface area contributed by atoms with Crippen molar-refractivity contribution in [1.82, 2.24) is 10.2 Å². The van der Waals surface area contributed by atoms with Gasteiger partial charge in [0.25, 0.3) is 0 Å². The van der Waals surface area contributed by atoms with Gasteiger partial charge in [-0.05, 0) is 55.2 Å². The second-order valence-corrected chi connectivity index (χ2v) is 9.48. The van der Waals surface area contributed by atoms with E-state index in [-0.39, 0.29) is 18.2 Å². The Balaban J connectivity index is 1.75. The number of benzene rings is 3. The van der Waals surface area contributed by atoms with E-state index >= 15 is 0 Å². The Morgan fingerprint density at radius 2 is 1.55 bits per heavy atom. The molecular formula is C32H40N2O4. The third-order valence-corrected chi connectivity index (χ3v) is 6.44. The molecule has 1 N–H and O–H groups in total. The molecule has 6 heteroatoms. The third-order valence-electron chi connectivity index (χ3n) is 6.44. The van der Waals surface area contributed by atoms with Gasteiger partial charge < -0.3 is 19.7 Å². The monoisotopic (exact) mass is 516 g/mol. The average Bonchev–Trinajstić information content (AvgIpc) is 2.95. The highest BCUT2D eigenvalue weighted by atomic mass is 16.5. The zero-order valence-corrected chi connectivity index (χ0v) is 22.8. The molecular weight excluding hydrogens is 476 g/mol. The maximum Gasteiger partial charge on any atom is 0.243 e. The van der Waals surface area contributed by atoms with E-state index in [9.17, 15) is 9.59 Å². The normalized spacial score (nSPS) is 11.4. The lowest BCUT2D eigenvalue weighted by Gasteiger charge is -2.31. The molecule has 0 aromatic heterocycles. The molecule has 0 fully saturated rings. The van der Waals surface area contributed by atoms with Gasteiger partial charge in [0.1, 0.15) is 17.5 Å². The third kappa shape index (κ3) is 9.25. The SMILES string of the molecule is CCCCNC(=O)C(Cc1ccccc1)N(Cc1ccc(C)cc1)C(=O)CCCOc1ccc(OC)cc1. The van der Waals surface area contributed by atoms with E-state index in [1.165, 1.54) is 0 Å². The topological polar surface area (TPSA) is 67.9 Å². The first kappa shape index (κ1) is 28.8. The minimum Gasteiger partial charge on any atom is -0.497 e. The van der Waals surface area contributed by atoms with Crippen LogP contribution < -0.4 is 14.8 Å². The van der Waals surface area contributed by atoms with Gasteiger partial charge in [0, 0.05) is 25.9 Å². The molecule has 2 amide bonds. The Morgan fingerprint density at radius 1 is 0.868 bits per heavy atom. The first-order chi connectivity index (χ1) is 18.5. The van der Waals surface area contributed by atoms with Gasteiger partial charge in [-0.3, -0.25) is 9.59 Å². The summed E-state index contributed by atoms with van der Waals surface area (Å²) >= 11 is 0. The largest absolute Gasteiger partial charge is 0.497 e. The summed E-state index contributed by atoms with van der Waals surface area (Å²) in [7, 11) is 1.62. The van der Waals surface area contributed by atoms with Crippen LogP contribution in [0.3, 0.4) is 0 Å². The summed E-state index contributed by atoms with van der Waals surface area (Å²) in [4.78, 5) is 28.8. The van der Waals surface area contributed by atoms with Crippen LogP contribution in [-0.4, -0.2) is 43.0 Å². The highest BCUT2D eigenvalue weighted by Gasteiger charge is 2.30. The molecule has 0 saturated heterocycles. The number of carbonyl (C=O) groups is 2. The summed E-state index contributed by atoms with van der Waals surface area (Å²) in [6, 6.07) is 24.8. The molecule has 38 heavy (non-hydrogen) atoms. The van der Waals surface area contributed by atoms with E-state index < -0.39 is 6.04 Å². The van der Waals surface area contributed by atoms with Crippen molar-refractivity contribution < 1.29 is 19.1 Å². The number of methoxy groups -OCH3 is 1. The summed E-state index contributed by atoms with van der Waals surface area (Å²) in [5, 5.41) is 3.06. The molecule has 0 radical (unpaired) electrons. The summed E-state index contributed by atoms with van der Waals surface area (Å²) in [6.45, 7) is 5.51. The molecule has 0 bridgehead atoms. The first-order valence-electron chi connectivity index (χ1n) is 13.4. The number of unbranched alkanes of at least 4 members (excludes halogenated alkanes) is 1. The van der Waals surface area contributed by atoms with Crippen LogP contribution in [0.15, 0.2) is 78.9 Å². The van der Waals surface area contributed by atoms with E-state index in [0.717, 1.165) is 41.0 Å². The predicted molar refractivity (Wildman–Crippen MR) is 151 cm³/mol. The van der Waals surface area contributed by atoms with Crippen LogP contribution in [0.2, 0.25) is 0 Å². The van der Waals surface area contributed by atoms with Gasteiger partial charge in [0.2, 0.25) is 11.8 Å². The first-order valence-corrected chi connectivity index (χ1v) is 13.4. The fourth-order valence-electron chi connectivity index (χ4n) is 4.18. The lowest BCUT2D eigenvalue weighted by Crippen LogP contribution is -2.50.